The predicted octanol–water partition coefficient (Wildman–Crippen LogP) is 3.04. The Kier molecular flexibility index (Phi) is 2.94. The Morgan fingerprint density at radius 1 is 1.30 bits per heavy atom. The van der Waals surface area contributed by atoms with Gasteiger partial charge in [-0.3, -0.25) is 4.79 Å². The van der Waals surface area contributed by atoms with E-state index in [1.54, 1.807) is 12.1 Å². The molecular weight excluding hydrogens is 252 g/mol. The molecule has 1 fully saturated rings. The smallest absolute Gasteiger partial charge is 0.163 e. The summed E-state index contributed by atoms with van der Waals surface area (Å²) in [6, 6.07) is 5.17. The third-order valence-corrected chi connectivity index (χ3v) is 5.72. The second-order valence-corrected chi connectivity index (χ2v) is 6.99. The number of benzene rings is 1. The molecular formula is C17H22O3. The van der Waals surface area contributed by atoms with E-state index in [0.29, 0.717) is 12.0 Å². The van der Waals surface area contributed by atoms with Crippen LogP contribution in [0.3, 0.4) is 0 Å². The standard InChI is InChI=1S/C17H22O3/c1-16(10-18)6-3-7-17(2)13-5-4-11(19)8-12(13)14(20)9-15(16)17/h4-5,8,15,18-19H,3,6-7,9-10H2,1-2H3/t15-,16+,17+/m0/s1. The quantitative estimate of drug-likeness (QED) is 0.827. The number of ketones is 1. The molecule has 2 aliphatic rings. The highest BCUT2D eigenvalue weighted by atomic mass is 16.3. The second-order valence-electron chi connectivity index (χ2n) is 6.99. The van der Waals surface area contributed by atoms with Crippen molar-refractivity contribution in [1.29, 1.82) is 0 Å². The Morgan fingerprint density at radius 3 is 2.75 bits per heavy atom. The van der Waals surface area contributed by atoms with Crippen LogP contribution in [0, 0.1) is 11.3 Å². The van der Waals surface area contributed by atoms with E-state index >= 15 is 0 Å². The molecule has 3 atom stereocenters. The van der Waals surface area contributed by atoms with Gasteiger partial charge in [0.1, 0.15) is 5.75 Å². The van der Waals surface area contributed by atoms with Crippen molar-refractivity contribution in [3.63, 3.8) is 0 Å². The zero-order valence-corrected chi connectivity index (χ0v) is 12.1. The van der Waals surface area contributed by atoms with E-state index in [1.165, 1.54) is 0 Å². The molecule has 0 saturated heterocycles. The normalized spacial score (nSPS) is 36.4. The van der Waals surface area contributed by atoms with Gasteiger partial charge < -0.3 is 10.2 Å². The van der Waals surface area contributed by atoms with E-state index < -0.39 is 0 Å². The van der Waals surface area contributed by atoms with Crippen molar-refractivity contribution in [1.82, 2.24) is 0 Å². The molecule has 0 spiro atoms. The van der Waals surface area contributed by atoms with Crippen LogP contribution in [0.4, 0.5) is 0 Å². The highest BCUT2D eigenvalue weighted by Gasteiger charge is 2.53. The molecule has 1 saturated carbocycles. The van der Waals surface area contributed by atoms with E-state index in [1.807, 2.05) is 6.07 Å². The van der Waals surface area contributed by atoms with Crippen LogP contribution in [0.1, 0.15) is 55.5 Å². The van der Waals surface area contributed by atoms with Crippen molar-refractivity contribution < 1.29 is 15.0 Å². The monoisotopic (exact) mass is 274 g/mol. The van der Waals surface area contributed by atoms with Crippen molar-refractivity contribution in [3.05, 3.63) is 29.3 Å². The van der Waals surface area contributed by atoms with Crippen molar-refractivity contribution in [3.8, 4) is 5.75 Å². The zero-order valence-electron chi connectivity index (χ0n) is 12.1. The molecule has 0 radical (unpaired) electrons. The Bertz CT molecular complexity index is 565. The highest BCUT2D eigenvalue weighted by molar-refractivity contribution is 6.00. The van der Waals surface area contributed by atoms with E-state index in [4.69, 9.17) is 0 Å². The van der Waals surface area contributed by atoms with Gasteiger partial charge in [0, 0.05) is 18.6 Å². The molecule has 0 unspecified atom stereocenters. The van der Waals surface area contributed by atoms with Crippen LogP contribution >= 0.6 is 0 Å². The van der Waals surface area contributed by atoms with Gasteiger partial charge in [0.15, 0.2) is 5.78 Å². The minimum Gasteiger partial charge on any atom is -0.508 e. The summed E-state index contributed by atoms with van der Waals surface area (Å²) in [4.78, 5) is 12.4. The maximum atomic E-state index is 12.4. The fourth-order valence-electron chi connectivity index (χ4n) is 4.52. The lowest BCUT2D eigenvalue weighted by Gasteiger charge is -2.54. The fourth-order valence-corrected chi connectivity index (χ4v) is 4.52. The summed E-state index contributed by atoms with van der Waals surface area (Å²) in [5, 5.41) is 19.5. The zero-order chi connectivity index (χ0) is 14.5. The summed E-state index contributed by atoms with van der Waals surface area (Å²) in [6.07, 6.45) is 3.56. The van der Waals surface area contributed by atoms with Gasteiger partial charge in [0.05, 0.1) is 0 Å². The molecule has 3 heteroatoms. The molecule has 108 valence electrons. The molecule has 3 rings (SSSR count). The summed E-state index contributed by atoms with van der Waals surface area (Å²) in [5.74, 6) is 0.429. The summed E-state index contributed by atoms with van der Waals surface area (Å²) in [6.45, 7) is 4.45. The van der Waals surface area contributed by atoms with Crippen LogP contribution in [0.2, 0.25) is 0 Å². The molecule has 1 aromatic rings. The first-order chi connectivity index (χ1) is 9.40. The molecule has 1 aromatic carbocycles. The number of aliphatic hydroxyl groups is 1. The topological polar surface area (TPSA) is 57.5 Å². The first-order valence-electron chi connectivity index (χ1n) is 7.38. The number of fused-ring (bicyclic) bond motifs is 3. The first kappa shape index (κ1) is 13.6. The summed E-state index contributed by atoms with van der Waals surface area (Å²) < 4.78 is 0. The Balaban J connectivity index is 2.17. The fraction of sp³-hybridized carbons (Fsp3) is 0.588. The van der Waals surface area contributed by atoms with E-state index in [0.717, 1.165) is 24.8 Å². The van der Waals surface area contributed by atoms with Gasteiger partial charge in [-0.25, -0.2) is 0 Å². The summed E-state index contributed by atoms with van der Waals surface area (Å²) >= 11 is 0. The van der Waals surface area contributed by atoms with Gasteiger partial charge in [0.2, 0.25) is 0 Å². The largest absolute Gasteiger partial charge is 0.508 e. The van der Waals surface area contributed by atoms with Crippen LogP contribution < -0.4 is 0 Å². The third-order valence-electron chi connectivity index (χ3n) is 5.72. The lowest BCUT2D eigenvalue weighted by Crippen LogP contribution is -2.51. The number of phenolic OH excluding ortho intramolecular Hbond substituents is 1. The van der Waals surface area contributed by atoms with Gasteiger partial charge in [0.25, 0.3) is 0 Å². The Morgan fingerprint density at radius 2 is 2.05 bits per heavy atom. The number of phenols is 1. The summed E-state index contributed by atoms with van der Waals surface area (Å²) in [5.41, 5.74) is 1.46. The number of aromatic hydroxyl groups is 1. The second kappa shape index (κ2) is 4.32. The Labute approximate surface area is 119 Å². The molecule has 20 heavy (non-hydrogen) atoms. The van der Waals surface area contributed by atoms with Crippen molar-refractivity contribution in [2.24, 2.45) is 11.3 Å². The number of hydrogen-bond acceptors (Lipinski definition) is 3. The van der Waals surface area contributed by atoms with Crippen LogP contribution in [0.15, 0.2) is 18.2 Å². The van der Waals surface area contributed by atoms with Crippen LogP contribution in [-0.4, -0.2) is 22.6 Å². The van der Waals surface area contributed by atoms with Gasteiger partial charge in [-0.15, -0.1) is 0 Å². The van der Waals surface area contributed by atoms with Gasteiger partial charge in [-0.2, -0.15) is 0 Å². The minimum atomic E-state index is -0.182. The minimum absolute atomic E-state index is 0.0767. The molecule has 2 N–H and O–H groups in total. The van der Waals surface area contributed by atoms with Crippen LogP contribution in [0.25, 0.3) is 0 Å². The van der Waals surface area contributed by atoms with Gasteiger partial charge >= 0.3 is 0 Å². The van der Waals surface area contributed by atoms with Crippen LogP contribution in [-0.2, 0) is 5.41 Å². The molecule has 0 heterocycles. The number of Topliss-reactive ketones (excluding diaryl/α,β-unsaturated/α-hetero) is 1. The lowest BCUT2D eigenvalue weighted by atomic mass is 9.50. The lowest BCUT2D eigenvalue weighted by molar-refractivity contribution is -0.0142. The number of carbonyl (C=O) groups excluding carboxylic acids is 1. The SMILES string of the molecule is C[C@]1(CO)CCC[C@]2(C)c3ccc(O)cc3C(=O)C[C@@H]12. The molecule has 0 amide bonds. The van der Waals surface area contributed by atoms with E-state index in [9.17, 15) is 15.0 Å². The molecule has 0 aliphatic heterocycles. The summed E-state index contributed by atoms with van der Waals surface area (Å²) in [7, 11) is 0. The first-order valence-corrected chi connectivity index (χ1v) is 7.38. The average Bonchev–Trinajstić information content (AvgIpc) is 2.42. The van der Waals surface area contributed by atoms with Gasteiger partial charge in [-0.1, -0.05) is 26.3 Å². The maximum absolute atomic E-state index is 12.4. The van der Waals surface area contributed by atoms with E-state index in [-0.39, 0.29) is 34.9 Å². The maximum Gasteiger partial charge on any atom is 0.163 e. The number of aliphatic hydroxyl groups excluding tert-OH is 1. The average molecular weight is 274 g/mol. The van der Waals surface area contributed by atoms with Gasteiger partial charge in [-0.05, 0) is 47.3 Å². The number of hydrogen-bond donors (Lipinski definition) is 2. The van der Waals surface area contributed by atoms with Crippen LogP contribution in [0.5, 0.6) is 5.75 Å². The van der Waals surface area contributed by atoms with E-state index in [2.05, 4.69) is 13.8 Å². The van der Waals surface area contributed by atoms with Crippen molar-refractivity contribution >= 4 is 5.78 Å². The number of rotatable bonds is 1. The predicted molar refractivity (Wildman–Crippen MR) is 76.9 cm³/mol. The highest BCUT2D eigenvalue weighted by Crippen LogP contribution is 2.57. The van der Waals surface area contributed by atoms with Crippen molar-refractivity contribution in [2.45, 2.75) is 44.9 Å². The Hall–Kier alpha value is -1.35. The molecule has 0 bridgehead atoms. The molecule has 2 aliphatic carbocycles. The molecule has 3 nitrogen and oxygen atoms in total. The van der Waals surface area contributed by atoms with Crippen molar-refractivity contribution in [2.75, 3.05) is 6.61 Å². The third kappa shape index (κ3) is 1.72. The number of carbonyl (C=O) groups is 1. The molecule has 0 aromatic heterocycles.